The fraction of sp³-hybridized carbons (Fsp3) is 0.455. The first kappa shape index (κ1) is 9.71. The molecule has 0 amide bonds. The molecule has 0 unspecified atom stereocenters. The predicted octanol–water partition coefficient (Wildman–Crippen LogP) is 2.26. The minimum atomic E-state index is -3.04. The van der Waals surface area contributed by atoms with Gasteiger partial charge in [-0.3, -0.25) is 0 Å². The summed E-state index contributed by atoms with van der Waals surface area (Å²) < 4.78 is 23.9. The molecule has 1 fully saturated rings. The van der Waals surface area contributed by atoms with Crippen molar-refractivity contribution in [3.05, 3.63) is 30.3 Å². The molecule has 0 aliphatic heterocycles. The van der Waals surface area contributed by atoms with Crippen molar-refractivity contribution in [2.45, 2.75) is 29.9 Å². The largest absolute Gasteiger partial charge is 0.223 e. The van der Waals surface area contributed by atoms with Crippen molar-refractivity contribution in [1.82, 2.24) is 0 Å². The van der Waals surface area contributed by atoms with E-state index in [0.717, 1.165) is 12.8 Å². The predicted molar refractivity (Wildman–Crippen MR) is 55.8 cm³/mol. The molecule has 1 aliphatic carbocycles. The Morgan fingerprint density at radius 3 is 2.21 bits per heavy atom. The van der Waals surface area contributed by atoms with Gasteiger partial charge in [0.15, 0.2) is 9.84 Å². The molecule has 3 heteroatoms. The van der Waals surface area contributed by atoms with E-state index < -0.39 is 9.84 Å². The molecule has 0 N–H and O–H groups in total. The van der Waals surface area contributed by atoms with Gasteiger partial charge in [-0.05, 0) is 30.9 Å². The van der Waals surface area contributed by atoms with Gasteiger partial charge in [0.1, 0.15) is 0 Å². The van der Waals surface area contributed by atoms with Crippen LogP contribution in [0.5, 0.6) is 0 Å². The topological polar surface area (TPSA) is 34.1 Å². The first-order valence-electron chi connectivity index (χ1n) is 4.89. The van der Waals surface area contributed by atoms with Gasteiger partial charge >= 0.3 is 0 Å². The van der Waals surface area contributed by atoms with E-state index in [9.17, 15) is 8.42 Å². The van der Waals surface area contributed by atoms with Crippen LogP contribution in [0.1, 0.15) is 19.8 Å². The van der Waals surface area contributed by atoms with E-state index in [1.807, 2.05) is 6.07 Å². The Bertz CT molecular complexity index is 402. The van der Waals surface area contributed by atoms with Crippen LogP contribution < -0.4 is 0 Å². The van der Waals surface area contributed by atoms with Gasteiger partial charge in [-0.2, -0.15) is 0 Å². The summed E-state index contributed by atoms with van der Waals surface area (Å²) in [6, 6.07) is 8.74. The summed E-state index contributed by atoms with van der Waals surface area (Å²) in [4.78, 5) is 0.469. The number of sulfone groups is 1. The summed E-state index contributed by atoms with van der Waals surface area (Å²) in [7, 11) is -3.04. The summed E-state index contributed by atoms with van der Waals surface area (Å²) in [5.74, 6) is 0.568. The van der Waals surface area contributed by atoms with E-state index in [1.165, 1.54) is 0 Å². The monoisotopic (exact) mass is 210 g/mol. The van der Waals surface area contributed by atoms with Crippen LogP contribution in [0.3, 0.4) is 0 Å². The van der Waals surface area contributed by atoms with Crippen LogP contribution in [0.2, 0.25) is 0 Å². The van der Waals surface area contributed by atoms with E-state index >= 15 is 0 Å². The lowest BCUT2D eigenvalue weighted by Gasteiger charge is -2.32. The van der Waals surface area contributed by atoms with Gasteiger partial charge in [0.25, 0.3) is 0 Å². The van der Waals surface area contributed by atoms with Crippen molar-refractivity contribution in [1.29, 1.82) is 0 Å². The molecule has 0 spiro atoms. The maximum absolute atomic E-state index is 12.0. The average molecular weight is 210 g/mol. The zero-order valence-corrected chi connectivity index (χ0v) is 9.00. The van der Waals surface area contributed by atoms with Crippen LogP contribution in [0.15, 0.2) is 35.2 Å². The van der Waals surface area contributed by atoms with Crippen molar-refractivity contribution in [3.8, 4) is 0 Å². The minimum absolute atomic E-state index is 0.139. The van der Waals surface area contributed by atoms with Crippen LogP contribution in [-0.4, -0.2) is 13.7 Å². The Hall–Kier alpha value is -0.830. The Labute approximate surface area is 84.9 Å². The molecular weight excluding hydrogens is 196 g/mol. The highest BCUT2D eigenvalue weighted by atomic mass is 32.2. The quantitative estimate of drug-likeness (QED) is 0.750. The number of hydrogen-bond acceptors (Lipinski definition) is 2. The summed E-state index contributed by atoms with van der Waals surface area (Å²) >= 11 is 0. The number of hydrogen-bond donors (Lipinski definition) is 0. The van der Waals surface area contributed by atoms with Crippen molar-refractivity contribution in [2.24, 2.45) is 5.92 Å². The standard InChI is InChI=1S/C11H14O2S/c1-9-7-11(8-9)14(12,13)10-5-3-2-4-6-10/h2-6,9,11H,7-8H2,1H3. The molecule has 0 bridgehead atoms. The summed E-state index contributed by atoms with van der Waals surface area (Å²) in [6.07, 6.45) is 1.63. The Balaban J connectivity index is 2.26. The van der Waals surface area contributed by atoms with Crippen molar-refractivity contribution in [3.63, 3.8) is 0 Å². The lowest BCUT2D eigenvalue weighted by molar-refractivity contribution is 0.344. The Morgan fingerprint density at radius 1 is 1.14 bits per heavy atom. The maximum atomic E-state index is 12.0. The summed E-state index contributed by atoms with van der Waals surface area (Å²) in [5.41, 5.74) is 0. The van der Waals surface area contributed by atoms with Crippen LogP contribution in [0, 0.1) is 5.92 Å². The van der Waals surface area contributed by atoms with E-state index in [0.29, 0.717) is 10.8 Å². The molecule has 14 heavy (non-hydrogen) atoms. The van der Waals surface area contributed by atoms with Gasteiger partial charge in [0.05, 0.1) is 10.1 Å². The van der Waals surface area contributed by atoms with E-state index in [4.69, 9.17) is 0 Å². The lowest BCUT2D eigenvalue weighted by Crippen LogP contribution is -2.34. The lowest BCUT2D eigenvalue weighted by atomic mass is 9.87. The molecule has 0 saturated heterocycles. The molecule has 0 aromatic heterocycles. The Kier molecular flexibility index (Phi) is 2.35. The highest BCUT2D eigenvalue weighted by Crippen LogP contribution is 2.35. The van der Waals surface area contributed by atoms with Gasteiger partial charge in [0.2, 0.25) is 0 Å². The van der Waals surface area contributed by atoms with Gasteiger partial charge in [-0.25, -0.2) is 8.42 Å². The first-order valence-corrected chi connectivity index (χ1v) is 6.44. The fourth-order valence-electron chi connectivity index (χ4n) is 1.88. The molecule has 2 rings (SSSR count). The molecule has 2 nitrogen and oxygen atoms in total. The van der Waals surface area contributed by atoms with Gasteiger partial charge < -0.3 is 0 Å². The van der Waals surface area contributed by atoms with E-state index in [-0.39, 0.29) is 5.25 Å². The molecule has 1 saturated carbocycles. The SMILES string of the molecule is CC1CC(S(=O)(=O)c2ccccc2)C1. The number of benzene rings is 1. The second kappa shape index (κ2) is 3.39. The first-order chi connectivity index (χ1) is 6.60. The highest BCUT2D eigenvalue weighted by molar-refractivity contribution is 7.92. The van der Waals surface area contributed by atoms with Gasteiger partial charge in [-0.1, -0.05) is 25.1 Å². The fourth-order valence-corrected chi connectivity index (χ4v) is 3.97. The molecule has 0 heterocycles. The van der Waals surface area contributed by atoms with Crippen LogP contribution in [0.4, 0.5) is 0 Å². The second-order valence-electron chi connectivity index (χ2n) is 4.06. The molecule has 1 aromatic carbocycles. The molecule has 1 aliphatic rings. The zero-order valence-electron chi connectivity index (χ0n) is 8.18. The van der Waals surface area contributed by atoms with Gasteiger partial charge in [0, 0.05) is 0 Å². The van der Waals surface area contributed by atoms with E-state index in [1.54, 1.807) is 24.3 Å². The third-order valence-corrected chi connectivity index (χ3v) is 5.03. The van der Waals surface area contributed by atoms with Crippen molar-refractivity contribution < 1.29 is 8.42 Å². The van der Waals surface area contributed by atoms with Crippen molar-refractivity contribution >= 4 is 9.84 Å². The normalized spacial score (nSPS) is 26.9. The van der Waals surface area contributed by atoms with Crippen LogP contribution >= 0.6 is 0 Å². The molecule has 1 aromatic rings. The third kappa shape index (κ3) is 1.57. The van der Waals surface area contributed by atoms with Crippen LogP contribution in [-0.2, 0) is 9.84 Å². The van der Waals surface area contributed by atoms with Gasteiger partial charge in [-0.15, -0.1) is 0 Å². The highest BCUT2D eigenvalue weighted by Gasteiger charge is 2.36. The molecular formula is C11H14O2S. The second-order valence-corrected chi connectivity index (χ2v) is 6.28. The average Bonchev–Trinajstić information content (AvgIpc) is 2.14. The van der Waals surface area contributed by atoms with Crippen LogP contribution in [0.25, 0.3) is 0 Å². The third-order valence-electron chi connectivity index (χ3n) is 2.84. The molecule has 0 radical (unpaired) electrons. The summed E-state index contributed by atoms with van der Waals surface area (Å²) in [6.45, 7) is 2.09. The minimum Gasteiger partial charge on any atom is -0.223 e. The summed E-state index contributed by atoms with van der Waals surface area (Å²) in [5, 5.41) is -0.139. The zero-order chi connectivity index (χ0) is 10.2. The molecule has 0 atom stereocenters. The maximum Gasteiger partial charge on any atom is 0.181 e. The molecule has 76 valence electrons. The van der Waals surface area contributed by atoms with Crippen molar-refractivity contribution in [2.75, 3.05) is 0 Å². The smallest absolute Gasteiger partial charge is 0.181 e. The van der Waals surface area contributed by atoms with E-state index in [2.05, 4.69) is 6.92 Å². The number of rotatable bonds is 2. The Morgan fingerprint density at radius 2 is 1.71 bits per heavy atom.